The first kappa shape index (κ1) is 17.1. The van der Waals surface area contributed by atoms with Crippen LogP contribution in [0.15, 0.2) is 21.3 Å². The van der Waals surface area contributed by atoms with E-state index in [0.29, 0.717) is 23.9 Å². The molecule has 2 aliphatic rings. The Morgan fingerprint density at radius 3 is 2.81 bits per heavy atom. The number of carbonyl (C=O) groups excluding carboxylic acids is 1. The van der Waals surface area contributed by atoms with Crippen molar-refractivity contribution in [2.24, 2.45) is 0 Å². The normalized spacial score (nSPS) is 17.9. The van der Waals surface area contributed by atoms with Gasteiger partial charge in [0.15, 0.2) is 0 Å². The zero-order valence-corrected chi connectivity index (χ0v) is 15.2. The zero-order valence-electron chi connectivity index (χ0n) is 15.2. The molecule has 6 heteroatoms. The molecule has 2 aromatic rings. The lowest BCUT2D eigenvalue weighted by Crippen LogP contribution is -2.39. The monoisotopic (exact) mass is 357 g/mol. The molecule has 0 amide bonds. The summed E-state index contributed by atoms with van der Waals surface area (Å²) in [7, 11) is 1.31. The Morgan fingerprint density at radius 2 is 2.08 bits per heavy atom. The molecular formula is C20H23NO5. The van der Waals surface area contributed by atoms with E-state index in [4.69, 9.17) is 13.9 Å². The van der Waals surface area contributed by atoms with Gasteiger partial charge < -0.3 is 13.9 Å². The van der Waals surface area contributed by atoms with Crippen molar-refractivity contribution in [1.82, 2.24) is 4.90 Å². The number of fused-ring (bicyclic) bond motifs is 3. The summed E-state index contributed by atoms with van der Waals surface area (Å²) in [5.41, 5.74) is 2.13. The molecule has 0 bridgehead atoms. The Kier molecular flexibility index (Phi) is 4.44. The summed E-state index contributed by atoms with van der Waals surface area (Å²) in [5.74, 6) is 0.323. The molecular weight excluding hydrogens is 334 g/mol. The predicted molar refractivity (Wildman–Crippen MR) is 96.2 cm³/mol. The van der Waals surface area contributed by atoms with E-state index in [0.717, 1.165) is 28.8 Å². The number of carbonyl (C=O) groups is 1. The standard InChI is InChI=1S/C20H23NO5/c1-12-14-7-8-17-16(10-21(11-25-17)13-5-3-4-6-13)19(14)26-20(23)15(12)9-18(22)24-2/h7-8,13H,3-6,9-11H2,1-2H3. The van der Waals surface area contributed by atoms with Crippen molar-refractivity contribution in [3.8, 4) is 5.75 Å². The Hall–Kier alpha value is -2.34. The van der Waals surface area contributed by atoms with Crippen molar-refractivity contribution in [2.45, 2.75) is 51.6 Å². The fraction of sp³-hybridized carbons (Fsp3) is 0.500. The fourth-order valence-corrected chi connectivity index (χ4v) is 4.10. The van der Waals surface area contributed by atoms with Crippen LogP contribution in [-0.4, -0.2) is 30.8 Å². The molecule has 1 aromatic heterocycles. The van der Waals surface area contributed by atoms with Crippen molar-refractivity contribution in [1.29, 1.82) is 0 Å². The summed E-state index contributed by atoms with van der Waals surface area (Å²) >= 11 is 0. The quantitative estimate of drug-likeness (QED) is 0.621. The Labute approximate surface area is 151 Å². The number of methoxy groups -OCH3 is 1. The van der Waals surface area contributed by atoms with Gasteiger partial charge in [0.25, 0.3) is 0 Å². The second-order valence-corrected chi connectivity index (χ2v) is 7.12. The molecule has 1 aromatic carbocycles. The largest absolute Gasteiger partial charge is 0.478 e. The van der Waals surface area contributed by atoms with E-state index < -0.39 is 11.6 Å². The van der Waals surface area contributed by atoms with Crippen LogP contribution < -0.4 is 10.4 Å². The SMILES string of the molecule is COC(=O)Cc1c(C)c2ccc3c(c2oc1=O)CN(C1CCCC1)CO3. The molecule has 0 radical (unpaired) electrons. The van der Waals surface area contributed by atoms with Gasteiger partial charge >= 0.3 is 11.6 Å². The third kappa shape index (κ3) is 2.88. The maximum absolute atomic E-state index is 12.5. The van der Waals surface area contributed by atoms with Crippen LogP contribution in [0, 0.1) is 6.92 Å². The number of hydrogen-bond acceptors (Lipinski definition) is 6. The number of rotatable bonds is 3. The molecule has 0 unspecified atom stereocenters. The van der Waals surface area contributed by atoms with Gasteiger partial charge in [0.05, 0.1) is 24.7 Å². The first-order chi connectivity index (χ1) is 12.6. The van der Waals surface area contributed by atoms with E-state index in [2.05, 4.69) is 4.90 Å². The summed E-state index contributed by atoms with van der Waals surface area (Å²) < 4.78 is 16.3. The Balaban J connectivity index is 1.77. The number of benzene rings is 1. The molecule has 0 atom stereocenters. The Bertz CT molecular complexity index is 911. The maximum atomic E-state index is 12.5. The van der Waals surface area contributed by atoms with Gasteiger partial charge in [-0.3, -0.25) is 9.69 Å². The summed E-state index contributed by atoms with van der Waals surface area (Å²) in [5, 5.41) is 0.846. The van der Waals surface area contributed by atoms with Crippen LogP contribution in [0.5, 0.6) is 5.75 Å². The lowest BCUT2D eigenvalue weighted by molar-refractivity contribution is -0.139. The van der Waals surface area contributed by atoms with Crippen molar-refractivity contribution in [3.05, 3.63) is 39.2 Å². The number of hydrogen-bond donors (Lipinski definition) is 0. The molecule has 0 saturated heterocycles. The van der Waals surface area contributed by atoms with Crippen molar-refractivity contribution >= 4 is 16.9 Å². The van der Waals surface area contributed by atoms with Crippen molar-refractivity contribution in [2.75, 3.05) is 13.8 Å². The molecule has 138 valence electrons. The minimum atomic E-state index is -0.480. The number of esters is 1. The highest BCUT2D eigenvalue weighted by Crippen LogP contribution is 2.36. The van der Waals surface area contributed by atoms with Gasteiger partial charge in [0, 0.05) is 18.0 Å². The predicted octanol–water partition coefficient (Wildman–Crippen LogP) is 2.91. The highest BCUT2D eigenvalue weighted by molar-refractivity contribution is 5.87. The molecule has 4 rings (SSSR count). The smallest absolute Gasteiger partial charge is 0.340 e. The zero-order chi connectivity index (χ0) is 18.3. The van der Waals surface area contributed by atoms with E-state index in [1.807, 2.05) is 19.1 Å². The molecule has 26 heavy (non-hydrogen) atoms. The Morgan fingerprint density at radius 1 is 1.31 bits per heavy atom. The van der Waals surface area contributed by atoms with Gasteiger partial charge in [-0.05, 0) is 37.5 Å². The summed E-state index contributed by atoms with van der Waals surface area (Å²) in [6.45, 7) is 3.14. The molecule has 0 N–H and O–H groups in total. The molecule has 1 aliphatic carbocycles. The molecule has 6 nitrogen and oxygen atoms in total. The van der Waals surface area contributed by atoms with Gasteiger partial charge in [0.1, 0.15) is 18.1 Å². The lowest BCUT2D eigenvalue weighted by atomic mass is 10.00. The third-order valence-corrected chi connectivity index (χ3v) is 5.65. The minimum Gasteiger partial charge on any atom is -0.478 e. The van der Waals surface area contributed by atoms with E-state index in [9.17, 15) is 9.59 Å². The molecule has 0 spiro atoms. The van der Waals surface area contributed by atoms with Crippen LogP contribution in [0.4, 0.5) is 0 Å². The van der Waals surface area contributed by atoms with Gasteiger partial charge in [-0.15, -0.1) is 0 Å². The summed E-state index contributed by atoms with van der Waals surface area (Å²) in [4.78, 5) is 26.4. The second-order valence-electron chi connectivity index (χ2n) is 7.12. The van der Waals surface area contributed by atoms with Crippen molar-refractivity contribution < 1.29 is 18.7 Å². The molecule has 2 heterocycles. The van der Waals surface area contributed by atoms with Crippen LogP contribution in [0.25, 0.3) is 11.0 Å². The number of nitrogens with zero attached hydrogens (tertiary/aromatic N) is 1. The van der Waals surface area contributed by atoms with E-state index in [1.165, 1.54) is 32.8 Å². The third-order valence-electron chi connectivity index (χ3n) is 5.65. The minimum absolute atomic E-state index is 0.0810. The van der Waals surface area contributed by atoms with E-state index in [-0.39, 0.29) is 6.42 Å². The van der Waals surface area contributed by atoms with Crippen molar-refractivity contribution in [3.63, 3.8) is 0 Å². The fourth-order valence-electron chi connectivity index (χ4n) is 4.10. The summed E-state index contributed by atoms with van der Waals surface area (Å²) in [6.07, 6.45) is 4.82. The summed E-state index contributed by atoms with van der Waals surface area (Å²) in [6, 6.07) is 4.36. The van der Waals surface area contributed by atoms with E-state index in [1.54, 1.807) is 0 Å². The van der Waals surface area contributed by atoms with E-state index >= 15 is 0 Å². The van der Waals surface area contributed by atoms with Gasteiger partial charge in [-0.1, -0.05) is 12.8 Å². The highest BCUT2D eigenvalue weighted by atomic mass is 16.5. The maximum Gasteiger partial charge on any atom is 0.340 e. The first-order valence-electron chi connectivity index (χ1n) is 9.10. The first-order valence-corrected chi connectivity index (χ1v) is 9.10. The van der Waals surface area contributed by atoms with Crippen LogP contribution in [-0.2, 0) is 22.5 Å². The lowest BCUT2D eigenvalue weighted by Gasteiger charge is -2.33. The van der Waals surface area contributed by atoms with Gasteiger partial charge in [0.2, 0.25) is 0 Å². The van der Waals surface area contributed by atoms with Gasteiger partial charge in [-0.2, -0.15) is 0 Å². The van der Waals surface area contributed by atoms with Crippen LogP contribution in [0.1, 0.15) is 42.4 Å². The average molecular weight is 357 g/mol. The molecule has 1 aliphatic heterocycles. The van der Waals surface area contributed by atoms with Crippen LogP contribution in [0.3, 0.4) is 0 Å². The molecule has 1 fully saturated rings. The van der Waals surface area contributed by atoms with Crippen LogP contribution >= 0.6 is 0 Å². The highest BCUT2D eigenvalue weighted by Gasteiger charge is 2.29. The van der Waals surface area contributed by atoms with Crippen LogP contribution in [0.2, 0.25) is 0 Å². The average Bonchev–Trinajstić information content (AvgIpc) is 3.19. The van der Waals surface area contributed by atoms with Gasteiger partial charge in [-0.25, -0.2) is 4.79 Å². The number of ether oxygens (including phenoxy) is 2. The molecule has 1 saturated carbocycles. The topological polar surface area (TPSA) is 69.0 Å². The second kappa shape index (κ2) is 6.76. The number of aryl methyl sites for hydroxylation is 1.